The Morgan fingerprint density at radius 2 is 1.00 bits per heavy atom. The second-order valence-corrected chi connectivity index (χ2v) is 1.80. The minimum absolute atomic E-state index is 0. The third-order valence-corrected chi connectivity index (χ3v) is 0.982. The Morgan fingerprint density at radius 3 is 1.00 bits per heavy atom. The van der Waals surface area contributed by atoms with E-state index in [2.05, 4.69) is 0 Å². The molecule has 0 rings (SSSR count). The largest absolute Gasteiger partial charge is 0.400 e. The first-order valence-corrected chi connectivity index (χ1v) is 2.29. The van der Waals surface area contributed by atoms with Gasteiger partial charge in [-0.05, 0) is 6.92 Å². The molecule has 0 aliphatic carbocycles. The lowest BCUT2D eigenvalue weighted by molar-refractivity contribution is -0.278. The van der Waals surface area contributed by atoms with Crippen LogP contribution >= 0.6 is 0 Å². The fraction of sp³-hybridized carbons (Fsp3) is 1.00. The monoisotopic (exact) mass is 182 g/mol. The summed E-state index contributed by atoms with van der Waals surface area (Å²) in [6.45, 7) is 0.0833. The number of alkyl halides is 6. The predicted octanol–water partition coefficient (Wildman–Crippen LogP) is 3.38. The van der Waals surface area contributed by atoms with E-state index in [0.29, 0.717) is 0 Å². The summed E-state index contributed by atoms with van der Waals surface area (Å²) in [5.41, 5.74) is 0. The second kappa shape index (κ2) is 3.32. The highest BCUT2D eigenvalue weighted by atomic mass is 19.4. The van der Waals surface area contributed by atoms with Gasteiger partial charge >= 0.3 is 12.4 Å². The molecule has 70 valence electrons. The SMILES string of the molecule is C.CC(C(F)(F)F)C(F)(F)F. The van der Waals surface area contributed by atoms with Crippen molar-refractivity contribution in [3.8, 4) is 0 Å². The summed E-state index contributed by atoms with van der Waals surface area (Å²) < 4.78 is 67.4. The van der Waals surface area contributed by atoms with Crippen molar-refractivity contribution in [2.24, 2.45) is 5.92 Å². The first kappa shape index (κ1) is 13.2. The third kappa shape index (κ3) is 4.10. The predicted molar refractivity (Wildman–Crippen MR) is 28.0 cm³/mol. The fourth-order valence-electron chi connectivity index (χ4n) is 0.186. The zero-order chi connectivity index (χ0) is 8.58. The molecule has 0 aliphatic heterocycles. The van der Waals surface area contributed by atoms with Crippen LogP contribution in [0.2, 0.25) is 0 Å². The number of rotatable bonds is 0. The number of hydrogen-bond acceptors (Lipinski definition) is 0. The van der Waals surface area contributed by atoms with Gasteiger partial charge in [0.05, 0.1) is 0 Å². The molecule has 0 fully saturated rings. The molecule has 0 aromatic heterocycles. The fourth-order valence-corrected chi connectivity index (χ4v) is 0.186. The van der Waals surface area contributed by atoms with Gasteiger partial charge in [0.1, 0.15) is 5.92 Å². The number of hydrogen-bond donors (Lipinski definition) is 0. The smallest absolute Gasteiger partial charge is 0.170 e. The lowest BCUT2D eigenvalue weighted by Gasteiger charge is -2.17. The Kier molecular flexibility index (Phi) is 3.98. The van der Waals surface area contributed by atoms with Crippen LogP contribution in [-0.4, -0.2) is 12.4 Å². The van der Waals surface area contributed by atoms with Crippen LogP contribution in [0.4, 0.5) is 26.3 Å². The van der Waals surface area contributed by atoms with Gasteiger partial charge in [0, 0.05) is 0 Å². The van der Waals surface area contributed by atoms with Crippen LogP contribution in [0.25, 0.3) is 0 Å². The van der Waals surface area contributed by atoms with E-state index in [4.69, 9.17) is 0 Å². The van der Waals surface area contributed by atoms with Crippen molar-refractivity contribution in [2.75, 3.05) is 0 Å². The minimum Gasteiger partial charge on any atom is -0.170 e. The van der Waals surface area contributed by atoms with E-state index < -0.39 is 18.3 Å². The molecular formula is C5H8F6. The summed E-state index contributed by atoms with van der Waals surface area (Å²) in [5.74, 6) is -3.24. The Bertz CT molecular complexity index is 95.1. The zero-order valence-corrected chi connectivity index (χ0v) is 4.85. The van der Waals surface area contributed by atoms with E-state index in [1.54, 1.807) is 0 Å². The van der Waals surface area contributed by atoms with Crippen LogP contribution in [0.3, 0.4) is 0 Å². The molecule has 0 saturated heterocycles. The van der Waals surface area contributed by atoms with E-state index in [0.717, 1.165) is 0 Å². The minimum atomic E-state index is -5.18. The highest BCUT2D eigenvalue weighted by Crippen LogP contribution is 2.38. The van der Waals surface area contributed by atoms with Crippen molar-refractivity contribution >= 4 is 0 Å². The molecule has 0 unspecified atom stereocenters. The van der Waals surface area contributed by atoms with Gasteiger partial charge in [0.15, 0.2) is 0 Å². The van der Waals surface area contributed by atoms with Crippen molar-refractivity contribution in [1.29, 1.82) is 0 Å². The van der Waals surface area contributed by atoms with Crippen LogP contribution in [-0.2, 0) is 0 Å². The maximum absolute atomic E-state index is 11.2. The second-order valence-electron chi connectivity index (χ2n) is 1.80. The molecule has 0 aliphatic rings. The number of halogens is 6. The maximum Gasteiger partial charge on any atom is 0.400 e. The van der Waals surface area contributed by atoms with Crippen molar-refractivity contribution < 1.29 is 26.3 Å². The normalized spacial score (nSPS) is 13.1. The van der Waals surface area contributed by atoms with Gasteiger partial charge < -0.3 is 0 Å². The summed E-state index contributed by atoms with van der Waals surface area (Å²) in [5, 5.41) is 0. The molecule has 0 nitrogen and oxygen atoms in total. The Labute approximate surface area is 60.2 Å². The quantitative estimate of drug-likeness (QED) is 0.503. The van der Waals surface area contributed by atoms with E-state index >= 15 is 0 Å². The van der Waals surface area contributed by atoms with Gasteiger partial charge in [-0.2, -0.15) is 26.3 Å². The van der Waals surface area contributed by atoms with Gasteiger partial charge in [-0.3, -0.25) is 0 Å². The van der Waals surface area contributed by atoms with E-state index in [1.807, 2.05) is 0 Å². The molecule has 0 aromatic carbocycles. The van der Waals surface area contributed by atoms with Gasteiger partial charge in [-0.15, -0.1) is 0 Å². The standard InChI is InChI=1S/C4H4F6.CH4/c1-2(3(5,6)7)4(8,9)10;/h2H,1H3;1H4. The Hall–Kier alpha value is -0.420. The topological polar surface area (TPSA) is 0 Å². The Morgan fingerprint density at radius 1 is 0.818 bits per heavy atom. The van der Waals surface area contributed by atoms with Gasteiger partial charge in [0.2, 0.25) is 0 Å². The van der Waals surface area contributed by atoms with Crippen LogP contribution in [0.15, 0.2) is 0 Å². The molecule has 0 spiro atoms. The average molecular weight is 182 g/mol. The summed E-state index contributed by atoms with van der Waals surface area (Å²) >= 11 is 0. The molecule has 0 heterocycles. The zero-order valence-electron chi connectivity index (χ0n) is 4.85. The molecule has 11 heavy (non-hydrogen) atoms. The molecule has 0 bridgehead atoms. The van der Waals surface area contributed by atoms with Crippen LogP contribution in [0.1, 0.15) is 14.4 Å². The van der Waals surface area contributed by atoms with E-state index in [-0.39, 0.29) is 14.4 Å². The van der Waals surface area contributed by atoms with Crippen LogP contribution in [0, 0.1) is 5.92 Å². The highest BCUT2D eigenvalue weighted by Gasteiger charge is 2.53. The summed E-state index contributed by atoms with van der Waals surface area (Å²) in [7, 11) is 0. The summed E-state index contributed by atoms with van der Waals surface area (Å²) in [4.78, 5) is 0. The molecule has 0 radical (unpaired) electrons. The molecule has 0 atom stereocenters. The maximum atomic E-state index is 11.2. The molecule has 0 aromatic rings. The lowest BCUT2D eigenvalue weighted by Crippen LogP contribution is -2.33. The van der Waals surface area contributed by atoms with Crippen LogP contribution in [0.5, 0.6) is 0 Å². The van der Waals surface area contributed by atoms with Crippen molar-refractivity contribution in [2.45, 2.75) is 26.7 Å². The lowest BCUT2D eigenvalue weighted by atomic mass is 10.2. The molecule has 6 heteroatoms. The van der Waals surface area contributed by atoms with Gasteiger partial charge in [-0.25, -0.2) is 0 Å². The third-order valence-electron chi connectivity index (χ3n) is 0.982. The van der Waals surface area contributed by atoms with Crippen molar-refractivity contribution in [3.63, 3.8) is 0 Å². The van der Waals surface area contributed by atoms with E-state index in [1.165, 1.54) is 0 Å². The average Bonchev–Trinajstić information content (AvgIpc) is 1.59. The highest BCUT2D eigenvalue weighted by molar-refractivity contribution is 4.69. The van der Waals surface area contributed by atoms with E-state index in [9.17, 15) is 26.3 Å². The van der Waals surface area contributed by atoms with Crippen molar-refractivity contribution in [1.82, 2.24) is 0 Å². The molecule has 0 amide bonds. The summed E-state index contributed by atoms with van der Waals surface area (Å²) in [6.07, 6.45) is -10.4. The Balaban J connectivity index is 0. The molecular weight excluding hydrogens is 174 g/mol. The van der Waals surface area contributed by atoms with Crippen LogP contribution < -0.4 is 0 Å². The van der Waals surface area contributed by atoms with Gasteiger partial charge in [-0.1, -0.05) is 7.43 Å². The molecule has 0 N–H and O–H groups in total. The summed E-state index contributed by atoms with van der Waals surface area (Å²) in [6, 6.07) is 0. The van der Waals surface area contributed by atoms with Crippen molar-refractivity contribution in [3.05, 3.63) is 0 Å². The van der Waals surface area contributed by atoms with Gasteiger partial charge in [0.25, 0.3) is 0 Å². The first-order chi connectivity index (χ1) is 4.15. The molecule has 0 saturated carbocycles. The first-order valence-electron chi connectivity index (χ1n) is 2.29.